The molecule has 1 aliphatic rings. The lowest BCUT2D eigenvalue weighted by Gasteiger charge is -2.31. The number of benzene rings is 6. The van der Waals surface area contributed by atoms with Gasteiger partial charge in [0.05, 0.1) is 52.2 Å². The number of rotatable bonds is 18. The molecule has 6 aromatic carbocycles. The number of esters is 5. The molecule has 1 N–H and O–H groups in total. The fraction of sp³-hybridized carbons (Fsp3) is 0.386. The maximum absolute atomic E-state index is 13.2. The third-order valence-corrected chi connectivity index (χ3v) is 11.6. The van der Waals surface area contributed by atoms with Crippen LogP contribution in [0.15, 0.2) is 109 Å². The van der Waals surface area contributed by atoms with Crippen molar-refractivity contribution in [3.63, 3.8) is 0 Å². The Morgan fingerprint density at radius 3 is 1.21 bits per heavy atom. The second kappa shape index (κ2) is 25.8. The van der Waals surface area contributed by atoms with Crippen LogP contribution in [0.4, 0.5) is 0 Å². The lowest BCUT2D eigenvalue weighted by molar-refractivity contribution is -0.0853. The topological polar surface area (TPSA) is 170 Å². The molecule has 4 unspecified atom stereocenters. The van der Waals surface area contributed by atoms with Gasteiger partial charge in [0.1, 0.15) is 32.0 Å². The number of aliphatic hydroxyl groups is 1. The number of aliphatic hydroxyl groups excluding tert-OH is 1. The number of hydrogen-bond acceptors (Lipinski definition) is 13. The molecule has 13 heteroatoms. The van der Waals surface area contributed by atoms with Crippen LogP contribution in [0.2, 0.25) is 0 Å². The van der Waals surface area contributed by atoms with Crippen molar-refractivity contribution in [1.29, 1.82) is 0 Å². The van der Waals surface area contributed by atoms with E-state index in [0.29, 0.717) is 39.3 Å². The normalized spacial score (nSPS) is 14.4. The number of carbonyl (C=O) groups is 5. The molecule has 6 aromatic rings. The summed E-state index contributed by atoms with van der Waals surface area (Å²) in [5.74, 6) is -2.93. The Morgan fingerprint density at radius 1 is 0.457 bits per heavy atom. The first-order valence-electron chi connectivity index (χ1n) is 24.1. The summed E-state index contributed by atoms with van der Waals surface area (Å²) >= 11 is 0. The van der Waals surface area contributed by atoms with E-state index in [-0.39, 0.29) is 42.6 Å². The van der Waals surface area contributed by atoms with E-state index in [4.69, 9.17) is 33.2 Å². The molecule has 70 heavy (non-hydrogen) atoms. The molecule has 1 aliphatic carbocycles. The Balaban J connectivity index is 0.00000222. The highest BCUT2D eigenvalue weighted by atomic mass is 16.6. The maximum atomic E-state index is 13.2. The first-order valence-corrected chi connectivity index (χ1v) is 24.1. The maximum Gasteiger partial charge on any atom is 0.338 e. The summed E-state index contributed by atoms with van der Waals surface area (Å²) in [6.07, 6.45) is 1.71. The molecule has 0 bridgehead atoms. The highest BCUT2D eigenvalue weighted by molar-refractivity contribution is 6.01. The van der Waals surface area contributed by atoms with E-state index < -0.39 is 53.8 Å². The fourth-order valence-corrected chi connectivity index (χ4v) is 7.87. The number of ether oxygens (including phenoxy) is 7. The summed E-state index contributed by atoms with van der Waals surface area (Å²) < 4.78 is 39.2. The molecule has 0 aliphatic heterocycles. The molecule has 0 heterocycles. The van der Waals surface area contributed by atoms with Crippen LogP contribution in [0.1, 0.15) is 138 Å². The zero-order valence-electron chi connectivity index (χ0n) is 41.7. The van der Waals surface area contributed by atoms with E-state index in [0.717, 1.165) is 42.0 Å². The van der Waals surface area contributed by atoms with Crippen LogP contribution < -0.4 is 0 Å². The molecule has 4 atom stereocenters. The van der Waals surface area contributed by atoms with Crippen molar-refractivity contribution in [3.8, 4) is 0 Å². The summed E-state index contributed by atoms with van der Waals surface area (Å²) in [4.78, 5) is 64.5. The van der Waals surface area contributed by atoms with Gasteiger partial charge in [-0.3, -0.25) is 0 Å². The van der Waals surface area contributed by atoms with Crippen molar-refractivity contribution < 1.29 is 62.2 Å². The molecule has 7 rings (SSSR count). The molecule has 13 nitrogen and oxygen atoms in total. The molecular weight excluding hydrogens is 893 g/mol. The summed E-state index contributed by atoms with van der Waals surface area (Å²) in [6.45, 7) is 14.8. The van der Waals surface area contributed by atoms with Gasteiger partial charge in [0, 0.05) is 7.11 Å². The van der Waals surface area contributed by atoms with Crippen molar-refractivity contribution in [1.82, 2.24) is 0 Å². The summed E-state index contributed by atoms with van der Waals surface area (Å²) in [7, 11) is 1.68. The van der Waals surface area contributed by atoms with Crippen LogP contribution >= 0.6 is 0 Å². The van der Waals surface area contributed by atoms with Gasteiger partial charge >= 0.3 is 29.8 Å². The van der Waals surface area contributed by atoms with E-state index in [1.54, 1.807) is 99.8 Å². The quantitative estimate of drug-likeness (QED) is 0.0638. The van der Waals surface area contributed by atoms with E-state index in [2.05, 4.69) is 18.2 Å². The number of carbonyl (C=O) groups excluding carboxylic acids is 5. The van der Waals surface area contributed by atoms with Gasteiger partial charge in [0.2, 0.25) is 0 Å². The molecular formula is C57H66O13. The Kier molecular flexibility index (Phi) is 20.0. The van der Waals surface area contributed by atoms with E-state index in [9.17, 15) is 29.1 Å². The predicted molar refractivity (Wildman–Crippen MR) is 269 cm³/mol. The Hall–Kier alpha value is -6.67. The van der Waals surface area contributed by atoms with E-state index in [1.165, 1.54) is 6.92 Å². The third-order valence-electron chi connectivity index (χ3n) is 11.6. The van der Waals surface area contributed by atoms with Crippen molar-refractivity contribution in [2.45, 2.75) is 111 Å². The zero-order chi connectivity index (χ0) is 51.0. The molecule has 0 amide bonds. The van der Waals surface area contributed by atoms with Crippen LogP contribution in [0.3, 0.4) is 0 Å². The monoisotopic (exact) mass is 958 g/mol. The van der Waals surface area contributed by atoms with Crippen LogP contribution in [0, 0.1) is 0 Å². The van der Waals surface area contributed by atoms with Crippen LogP contribution in [0.5, 0.6) is 0 Å². The second-order valence-corrected chi connectivity index (χ2v) is 17.0. The fourth-order valence-electron chi connectivity index (χ4n) is 7.87. The molecule has 372 valence electrons. The number of hydrogen-bond donors (Lipinski definition) is 1. The van der Waals surface area contributed by atoms with Gasteiger partial charge in [-0.25, -0.2) is 24.0 Å². The Labute approximate surface area is 410 Å². The first-order chi connectivity index (χ1) is 33.7. The van der Waals surface area contributed by atoms with Crippen molar-refractivity contribution in [2.24, 2.45) is 0 Å². The standard InChI is InChI=1S/C53H54O13.2C2H6/c1-32(54)28-61-48(55)41-14-9-38-23-42(15-10-37(38)22-41)49(56)62-29-34(3)65-51(58)44-17-12-39-24-43(16-11-40(39)25-44)50(57)63-30-35(4)66-52(59)45-13-8-36-18-19-47(27-46(36)26-45)53(20-6-7-21-53)64-31-33(2)60-5;2*1-2/h8-19,22-27,32-35,54H,6-7,20-21,28-31H2,1-5H3;2*1-2H3. The molecule has 0 radical (unpaired) electrons. The number of methoxy groups -OCH3 is 1. The van der Waals surface area contributed by atoms with Crippen molar-refractivity contribution in [2.75, 3.05) is 33.5 Å². The van der Waals surface area contributed by atoms with Gasteiger partial charge in [-0.1, -0.05) is 83.0 Å². The van der Waals surface area contributed by atoms with E-state index in [1.807, 2.05) is 46.8 Å². The molecule has 0 spiro atoms. The van der Waals surface area contributed by atoms with Crippen LogP contribution in [-0.4, -0.2) is 92.9 Å². The largest absolute Gasteiger partial charge is 0.459 e. The molecule has 1 saturated carbocycles. The highest BCUT2D eigenvalue weighted by Gasteiger charge is 2.37. The number of fused-ring (bicyclic) bond motifs is 3. The lowest BCUT2D eigenvalue weighted by Crippen LogP contribution is -2.30. The van der Waals surface area contributed by atoms with Gasteiger partial charge in [0.15, 0.2) is 0 Å². The minimum absolute atomic E-state index is 0.0218. The Bertz CT molecular complexity index is 2750. The van der Waals surface area contributed by atoms with Gasteiger partial charge in [0.25, 0.3) is 0 Å². The van der Waals surface area contributed by atoms with Gasteiger partial charge in [-0.2, -0.15) is 0 Å². The van der Waals surface area contributed by atoms with Crippen molar-refractivity contribution >= 4 is 62.2 Å². The smallest absolute Gasteiger partial charge is 0.338 e. The highest BCUT2D eigenvalue weighted by Crippen LogP contribution is 2.43. The minimum Gasteiger partial charge on any atom is -0.459 e. The van der Waals surface area contributed by atoms with Crippen LogP contribution in [-0.2, 0) is 38.8 Å². The van der Waals surface area contributed by atoms with E-state index >= 15 is 0 Å². The third kappa shape index (κ3) is 14.2. The van der Waals surface area contributed by atoms with Gasteiger partial charge < -0.3 is 38.3 Å². The average Bonchev–Trinajstić information content (AvgIpc) is 3.88. The second-order valence-electron chi connectivity index (χ2n) is 17.0. The molecule has 1 fully saturated rings. The van der Waals surface area contributed by atoms with Gasteiger partial charge in [-0.05, 0) is 145 Å². The van der Waals surface area contributed by atoms with Crippen LogP contribution in [0.25, 0.3) is 32.3 Å². The molecule has 0 aromatic heterocycles. The lowest BCUT2D eigenvalue weighted by atomic mass is 9.89. The Morgan fingerprint density at radius 2 is 0.814 bits per heavy atom. The van der Waals surface area contributed by atoms with Gasteiger partial charge in [-0.15, -0.1) is 0 Å². The van der Waals surface area contributed by atoms with Crippen molar-refractivity contribution in [3.05, 3.63) is 143 Å². The molecule has 0 saturated heterocycles. The average molecular weight is 959 g/mol. The zero-order valence-corrected chi connectivity index (χ0v) is 41.7. The minimum atomic E-state index is -0.778. The predicted octanol–water partition coefficient (Wildman–Crippen LogP) is 11.4. The first kappa shape index (κ1) is 54.3. The SMILES string of the molecule is CC.CC.COC(C)COC1(c2ccc3ccc(C(=O)OC(C)COC(=O)c4ccc5cc(C(=O)OC(C)COC(=O)c6ccc7cc(C(=O)OCC(C)O)ccc7c6)ccc5c4)cc3c2)CCCC1. The summed E-state index contributed by atoms with van der Waals surface area (Å²) in [5, 5.41) is 14.0. The summed E-state index contributed by atoms with van der Waals surface area (Å²) in [6, 6.07) is 31.3. The summed E-state index contributed by atoms with van der Waals surface area (Å²) in [5.41, 5.74) is 2.21.